The maximum atomic E-state index is 10.9. The molecule has 3 fully saturated rings. The lowest BCUT2D eigenvalue weighted by atomic mass is 9.96. The van der Waals surface area contributed by atoms with E-state index in [2.05, 4.69) is 0 Å². The second kappa shape index (κ2) is 11.0. The second-order valence-electron chi connectivity index (χ2n) is 8.29. The van der Waals surface area contributed by atoms with Crippen molar-refractivity contribution in [2.75, 3.05) is 13.2 Å². The zero-order valence-electron chi connectivity index (χ0n) is 17.6. The molecule has 0 aliphatic carbocycles. The van der Waals surface area contributed by atoms with Crippen molar-refractivity contribution >= 4 is 0 Å². The van der Waals surface area contributed by atoms with Gasteiger partial charge in [-0.2, -0.15) is 0 Å². The average molecular weight is 486 g/mol. The van der Waals surface area contributed by atoms with Crippen molar-refractivity contribution in [3.05, 3.63) is 0 Å². The summed E-state index contributed by atoms with van der Waals surface area (Å²) < 4.78 is 27.2. The van der Waals surface area contributed by atoms with Crippen LogP contribution in [0.5, 0.6) is 0 Å². The summed E-state index contributed by atoms with van der Waals surface area (Å²) in [6, 6.07) is -1.24. The first kappa shape index (κ1) is 27.0. The van der Waals surface area contributed by atoms with Gasteiger partial charge in [-0.3, -0.25) is 0 Å². The lowest BCUT2D eigenvalue weighted by Gasteiger charge is -2.47. The van der Waals surface area contributed by atoms with Crippen LogP contribution in [0.15, 0.2) is 0 Å². The minimum atomic E-state index is -1.72. The van der Waals surface area contributed by atoms with Gasteiger partial charge in [0, 0.05) is 6.54 Å². The van der Waals surface area contributed by atoms with Crippen LogP contribution >= 0.6 is 0 Å². The maximum Gasteiger partial charge on any atom is 0.187 e. The van der Waals surface area contributed by atoms with Crippen LogP contribution in [0.3, 0.4) is 0 Å². The van der Waals surface area contributed by atoms with Crippen molar-refractivity contribution in [2.45, 2.75) is 92.1 Å². The summed E-state index contributed by atoms with van der Waals surface area (Å²) in [5, 5.41) is 70.6. The molecule has 0 radical (unpaired) electrons. The van der Waals surface area contributed by atoms with E-state index < -0.39 is 98.7 Å². The van der Waals surface area contributed by atoms with Gasteiger partial charge in [0.15, 0.2) is 12.6 Å². The molecule has 15 atom stereocenters. The van der Waals surface area contributed by atoms with Gasteiger partial charge in [0.2, 0.25) is 0 Å². The number of ether oxygens (including phenoxy) is 5. The third kappa shape index (κ3) is 5.31. The Morgan fingerprint density at radius 3 is 1.64 bits per heavy atom. The molecule has 16 nitrogen and oxygen atoms in total. The Labute approximate surface area is 188 Å². The molecule has 3 aliphatic heterocycles. The van der Waals surface area contributed by atoms with Gasteiger partial charge < -0.3 is 82.4 Å². The van der Waals surface area contributed by atoms with E-state index in [1.54, 1.807) is 0 Å². The maximum absolute atomic E-state index is 10.9. The van der Waals surface area contributed by atoms with Gasteiger partial charge in [-0.15, -0.1) is 0 Å². The van der Waals surface area contributed by atoms with E-state index >= 15 is 0 Å². The molecule has 0 amide bonds. The van der Waals surface area contributed by atoms with Gasteiger partial charge in [0.25, 0.3) is 0 Å². The summed E-state index contributed by atoms with van der Waals surface area (Å²) >= 11 is 0. The average Bonchev–Trinajstić information content (AvgIpc) is 2.79. The van der Waals surface area contributed by atoms with E-state index in [4.69, 9.17) is 46.6 Å². The number of rotatable bonds is 6. The predicted molar refractivity (Wildman–Crippen MR) is 104 cm³/mol. The van der Waals surface area contributed by atoms with Crippen LogP contribution in [0.2, 0.25) is 0 Å². The molecule has 3 aliphatic rings. The molecule has 0 aromatic heterocycles. The molecule has 3 saturated heterocycles. The highest BCUT2D eigenvalue weighted by Gasteiger charge is 2.52. The van der Waals surface area contributed by atoms with Crippen LogP contribution in [0.1, 0.15) is 0 Å². The normalized spacial score (nSPS) is 53.7. The largest absolute Gasteiger partial charge is 0.394 e. The van der Waals surface area contributed by atoms with E-state index in [0.29, 0.717) is 0 Å². The SMILES string of the molecule is NCC1O[C@H](O[C@@H]2C(N)O[C@@H](N)[C@@H](O[C@H]3OC(CO)[C@@H](O)[C@@H](N)C3O)C2O)[C@@H](O)C(O)[C@@H]1O. The molecule has 3 rings (SSSR count). The Morgan fingerprint density at radius 1 is 0.606 bits per heavy atom. The van der Waals surface area contributed by atoms with E-state index in [0.717, 1.165) is 0 Å². The third-order valence-electron chi connectivity index (χ3n) is 6.06. The first-order valence-corrected chi connectivity index (χ1v) is 10.4. The fourth-order valence-corrected chi connectivity index (χ4v) is 3.99. The van der Waals surface area contributed by atoms with Crippen LogP contribution in [0, 0.1) is 0 Å². The first-order valence-electron chi connectivity index (χ1n) is 10.4. The van der Waals surface area contributed by atoms with Crippen LogP contribution in [-0.2, 0) is 23.7 Å². The van der Waals surface area contributed by atoms with Crippen LogP contribution in [0.4, 0.5) is 0 Å². The molecular formula is C17H34N4O12. The summed E-state index contributed by atoms with van der Waals surface area (Å²) in [4.78, 5) is 0. The Kier molecular flexibility index (Phi) is 8.95. The van der Waals surface area contributed by atoms with Gasteiger partial charge in [0.05, 0.1) is 12.6 Å². The van der Waals surface area contributed by atoms with Gasteiger partial charge in [0.1, 0.15) is 73.5 Å². The summed E-state index contributed by atoms with van der Waals surface area (Å²) in [5.74, 6) is 0. The third-order valence-corrected chi connectivity index (χ3v) is 6.06. The van der Waals surface area contributed by atoms with Crippen LogP contribution in [0.25, 0.3) is 0 Å². The molecule has 33 heavy (non-hydrogen) atoms. The molecular weight excluding hydrogens is 452 g/mol. The standard InChI is InChI=1S/C17H34N4O12/c18-1-3-7(24)9(26)10(27)17(29-3)32-13-11(28)12(14(20)33-15(13)21)31-16-8(25)5(19)6(23)4(2-22)30-16/h3-17,22-28H,1-2,18-21H2/t3?,4?,5-,6-,7-,8?,9?,10+,11?,12+,13+,14-,15?,16-,17-/m1/s1. The quantitative estimate of drug-likeness (QED) is 0.166. The van der Waals surface area contributed by atoms with Crippen molar-refractivity contribution in [1.29, 1.82) is 0 Å². The summed E-state index contributed by atoms with van der Waals surface area (Å²) in [6.45, 7) is -0.826. The number of aliphatic hydroxyl groups is 7. The number of hydrogen-bond donors (Lipinski definition) is 11. The minimum Gasteiger partial charge on any atom is -0.394 e. The summed E-state index contributed by atoms with van der Waals surface area (Å²) in [5.41, 5.74) is 23.0. The Bertz CT molecular complexity index is 585. The highest BCUT2D eigenvalue weighted by molar-refractivity contribution is 4.96. The highest BCUT2D eigenvalue weighted by Crippen LogP contribution is 2.30. The molecule has 0 aromatic carbocycles. The lowest BCUT2D eigenvalue weighted by molar-refractivity contribution is -0.356. The Hall–Kier alpha value is -0.640. The molecule has 16 heteroatoms. The van der Waals surface area contributed by atoms with E-state index in [1.165, 1.54) is 0 Å². The van der Waals surface area contributed by atoms with Crippen molar-refractivity contribution in [1.82, 2.24) is 0 Å². The highest BCUT2D eigenvalue weighted by atomic mass is 16.7. The molecule has 194 valence electrons. The number of aliphatic hydroxyl groups excluding tert-OH is 7. The number of hydrogen-bond acceptors (Lipinski definition) is 16. The minimum absolute atomic E-state index is 0.202. The second-order valence-corrected chi connectivity index (χ2v) is 8.29. The summed E-state index contributed by atoms with van der Waals surface area (Å²) in [7, 11) is 0. The molecule has 0 aromatic rings. The first-order chi connectivity index (χ1) is 15.5. The van der Waals surface area contributed by atoms with Gasteiger partial charge in [-0.25, -0.2) is 0 Å². The zero-order chi connectivity index (χ0) is 24.6. The van der Waals surface area contributed by atoms with Gasteiger partial charge in [-0.05, 0) is 0 Å². The fourth-order valence-electron chi connectivity index (χ4n) is 3.99. The fraction of sp³-hybridized carbons (Fsp3) is 1.00. The van der Waals surface area contributed by atoms with Crippen molar-refractivity contribution in [2.24, 2.45) is 22.9 Å². The van der Waals surface area contributed by atoms with Crippen molar-refractivity contribution in [3.8, 4) is 0 Å². The Balaban J connectivity index is 1.72. The van der Waals surface area contributed by atoms with Gasteiger partial charge >= 0.3 is 0 Å². The topological polar surface area (TPSA) is 292 Å². The summed E-state index contributed by atoms with van der Waals surface area (Å²) in [6.07, 6.45) is -20.2. The molecule has 15 N–H and O–H groups in total. The monoisotopic (exact) mass is 486 g/mol. The molecule has 0 bridgehead atoms. The van der Waals surface area contributed by atoms with Crippen LogP contribution < -0.4 is 22.9 Å². The lowest BCUT2D eigenvalue weighted by Crippen LogP contribution is -2.69. The smallest absolute Gasteiger partial charge is 0.187 e. The van der Waals surface area contributed by atoms with Crippen molar-refractivity contribution in [3.63, 3.8) is 0 Å². The number of nitrogens with two attached hydrogens (primary N) is 4. The Morgan fingerprint density at radius 2 is 1.12 bits per heavy atom. The van der Waals surface area contributed by atoms with Crippen LogP contribution in [-0.4, -0.2) is 141 Å². The molecule has 0 saturated carbocycles. The molecule has 3 heterocycles. The predicted octanol–water partition coefficient (Wildman–Crippen LogP) is -7.75. The molecule has 0 spiro atoms. The van der Waals surface area contributed by atoms with E-state index in [9.17, 15) is 35.7 Å². The molecule has 6 unspecified atom stereocenters. The van der Waals surface area contributed by atoms with Gasteiger partial charge in [-0.1, -0.05) is 0 Å². The van der Waals surface area contributed by atoms with E-state index in [1.807, 2.05) is 0 Å². The van der Waals surface area contributed by atoms with E-state index in [-0.39, 0.29) is 6.54 Å². The zero-order valence-corrected chi connectivity index (χ0v) is 17.6. The van der Waals surface area contributed by atoms with Crippen molar-refractivity contribution < 1.29 is 59.4 Å².